The summed E-state index contributed by atoms with van der Waals surface area (Å²) in [7, 11) is -1.87. The summed E-state index contributed by atoms with van der Waals surface area (Å²) in [5.74, 6) is 0.552. The molecule has 1 aliphatic carbocycles. The standard InChI is InChI=1S/C17H24N2O3S2/c1-12-11-23-16-9-8-14(10-15(16)18-17(12)20)24(21,22)19(2)13-6-4-3-5-7-13/h8-10,12-13H,3-7,11H2,1-2H3,(H,18,20). The van der Waals surface area contributed by atoms with Crippen LogP contribution in [0, 0.1) is 5.92 Å². The van der Waals surface area contributed by atoms with Gasteiger partial charge < -0.3 is 5.32 Å². The van der Waals surface area contributed by atoms with Crippen molar-refractivity contribution in [3.63, 3.8) is 0 Å². The van der Waals surface area contributed by atoms with Gasteiger partial charge in [-0.15, -0.1) is 11.8 Å². The molecule has 0 radical (unpaired) electrons. The molecule has 1 fully saturated rings. The molecule has 1 unspecified atom stereocenters. The number of carbonyl (C=O) groups excluding carboxylic acids is 1. The molecule has 1 aliphatic heterocycles. The van der Waals surface area contributed by atoms with Crippen molar-refractivity contribution in [2.45, 2.75) is 54.9 Å². The zero-order valence-electron chi connectivity index (χ0n) is 14.1. The highest BCUT2D eigenvalue weighted by Gasteiger charge is 2.30. The van der Waals surface area contributed by atoms with Gasteiger partial charge >= 0.3 is 0 Å². The molecule has 24 heavy (non-hydrogen) atoms. The highest BCUT2D eigenvalue weighted by molar-refractivity contribution is 7.99. The van der Waals surface area contributed by atoms with Crippen molar-refractivity contribution < 1.29 is 13.2 Å². The van der Waals surface area contributed by atoms with E-state index in [0.29, 0.717) is 11.4 Å². The third kappa shape index (κ3) is 3.48. The second kappa shape index (κ2) is 7.06. The number of hydrogen-bond donors (Lipinski definition) is 1. The van der Waals surface area contributed by atoms with Crippen molar-refractivity contribution in [2.24, 2.45) is 5.92 Å². The van der Waals surface area contributed by atoms with E-state index in [-0.39, 0.29) is 22.8 Å². The van der Waals surface area contributed by atoms with Crippen LogP contribution in [0.1, 0.15) is 39.0 Å². The number of anilines is 1. The van der Waals surface area contributed by atoms with Gasteiger partial charge in [0, 0.05) is 29.7 Å². The maximum atomic E-state index is 13.0. The molecule has 1 saturated carbocycles. The summed E-state index contributed by atoms with van der Waals surface area (Å²) in [6.45, 7) is 1.88. The van der Waals surface area contributed by atoms with Crippen molar-refractivity contribution in [3.05, 3.63) is 18.2 Å². The lowest BCUT2D eigenvalue weighted by atomic mass is 9.96. The molecule has 132 valence electrons. The number of carbonyl (C=O) groups is 1. The molecule has 1 aromatic rings. The number of rotatable bonds is 3. The smallest absolute Gasteiger partial charge is 0.243 e. The third-order valence-electron chi connectivity index (χ3n) is 4.91. The highest BCUT2D eigenvalue weighted by Crippen LogP contribution is 2.35. The fourth-order valence-corrected chi connectivity index (χ4v) is 5.70. The topological polar surface area (TPSA) is 66.5 Å². The number of nitrogens with zero attached hydrogens (tertiary/aromatic N) is 1. The number of hydrogen-bond acceptors (Lipinski definition) is 4. The van der Waals surface area contributed by atoms with Gasteiger partial charge in [0.15, 0.2) is 0 Å². The van der Waals surface area contributed by atoms with Crippen LogP contribution in [-0.4, -0.2) is 37.5 Å². The first kappa shape index (κ1) is 17.8. The minimum atomic E-state index is -3.54. The summed E-state index contributed by atoms with van der Waals surface area (Å²) < 4.78 is 27.4. The number of amides is 1. The molecule has 1 amide bonds. The number of nitrogens with one attached hydrogen (secondary N) is 1. The average molecular weight is 369 g/mol. The molecule has 0 aromatic heterocycles. The molecule has 1 N–H and O–H groups in total. The van der Waals surface area contributed by atoms with E-state index >= 15 is 0 Å². The second-order valence-corrected chi connectivity index (χ2v) is 9.73. The van der Waals surface area contributed by atoms with Crippen LogP contribution >= 0.6 is 11.8 Å². The Balaban J connectivity index is 1.89. The van der Waals surface area contributed by atoms with Crippen molar-refractivity contribution in [2.75, 3.05) is 18.1 Å². The SMILES string of the molecule is CC1CSc2ccc(S(=O)(=O)N(C)C3CCCCC3)cc2NC1=O. The maximum Gasteiger partial charge on any atom is 0.243 e. The van der Waals surface area contributed by atoms with Crippen LogP contribution in [0.15, 0.2) is 28.0 Å². The maximum absolute atomic E-state index is 13.0. The molecule has 3 rings (SSSR count). The van der Waals surface area contributed by atoms with Crippen LogP contribution in [0.5, 0.6) is 0 Å². The van der Waals surface area contributed by atoms with E-state index in [4.69, 9.17) is 0 Å². The van der Waals surface area contributed by atoms with Gasteiger partial charge in [0.05, 0.1) is 10.6 Å². The Labute approximate surface area is 148 Å². The van der Waals surface area contributed by atoms with Gasteiger partial charge in [0.25, 0.3) is 0 Å². The molecule has 1 heterocycles. The first-order valence-electron chi connectivity index (χ1n) is 8.45. The number of benzene rings is 1. The van der Waals surface area contributed by atoms with Gasteiger partial charge in [-0.2, -0.15) is 4.31 Å². The summed E-state index contributed by atoms with van der Waals surface area (Å²) in [5.41, 5.74) is 0.604. The molecule has 2 aliphatic rings. The molecule has 0 saturated heterocycles. The van der Waals surface area contributed by atoms with Crippen LogP contribution in [0.25, 0.3) is 0 Å². The molecule has 1 atom stereocenters. The number of thioether (sulfide) groups is 1. The zero-order valence-corrected chi connectivity index (χ0v) is 15.8. The Morgan fingerprint density at radius 1 is 1.21 bits per heavy atom. The largest absolute Gasteiger partial charge is 0.325 e. The Morgan fingerprint density at radius 3 is 2.62 bits per heavy atom. The van der Waals surface area contributed by atoms with E-state index in [1.165, 1.54) is 10.7 Å². The lowest BCUT2D eigenvalue weighted by Gasteiger charge is -2.30. The van der Waals surface area contributed by atoms with Crippen molar-refractivity contribution in [1.82, 2.24) is 4.31 Å². The average Bonchev–Trinajstić information content (AvgIpc) is 2.73. The van der Waals surface area contributed by atoms with E-state index in [1.54, 1.807) is 37.0 Å². The van der Waals surface area contributed by atoms with E-state index in [1.807, 2.05) is 6.92 Å². The van der Waals surface area contributed by atoms with Gasteiger partial charge in [-0.1, -0.05) is 26.2 Å². The molecule has 5 nitrogen and oxygen atoms in total. The second-order valence-electron chi connectivity index (χ2n) is 6.67. The van der Waals surface area contributed by atoms with Crippen molar-refractivity contribution in [1.29, 1.82) is 0 Å². The molecule has 1 aromatic carbocycles. The fraction of sp³-hybridized carbons (Fsp3) is 0.588. The first-order valence-corrected chi connectivity index (χ1v) is 10.9. The monoisotopic (exact) mass is 368 g/mol. The van der Waals surface area contributed by atoms with Crippen LogP contribution in [0.2, 0.25) is 0 Å². The van der Waals surface area contributed by atoms with E-state index in [0.717, 1.165) is 30.6 Å². The van der Waals surface area contributed by atoms with Gasteiger partial charge in [0.1, 0.15) is 0 Å². The molecular weight excluding hydrogens is 344 g/mol. The Hall–Kier alpha value is -1.05. The lowest BCUT2D eigenvalue weighted by Crippen LogP contribution is -2.38. The third-order valence-corrected chi connectivity index (χ3v) is 8.15. The van der Waals surface area contributed by atoms with E-state index in [2.05, 4.69) is 5.32 Å². The summed E-state index contributed by atoms with van der Waals surface area (Å²) in [6.07, 6.45) is 5.19. The minimum Gasteiger partial charge on any atom is -0.325 e. The molecule has 0 spiro atoms. The van der Waals surface area contributed by atoms with Crippen LogP contribution in [0.3, 0.4) is 0 Å². The predicted octanol–water partition coefficient (Wildman–Crippen LogP) is 3.32. The summed E-state index contributed by atoms with van der Waals surface area (Å²) in [6, 6.07) is 5.14. The number of fused-ring (bicyclic) bond motifs is 1. The van der Waals surface area contributed by atoms with E-state index in [9.17, 15) is 13.2 Å². The van der Waals surface area contributed by atoms with E-state index < -0.39 is 10.0 Å². The quantitative estimate of drug-likeness (QED) is 0.889. The van der Waals surface area contributed by atoms with Gasteiger partial charge in [0.2, 0.25) is 15.9 Å². The van der Waals surface area contributed by atoms with Gasteiger partial charge in [-0.25, -0.2) is 8.42 Å². The molecular formula is C17H24N2O3S2. The Kier molecular flexibility index (Phi) is 5.22. The highest BCUT2D eigenvalue weighted by atomic mass is 32.2. The normalized spacial score (nSPS) is 22.8. The van der Waals surface area contributed by atoms with Crippen molar-refractivity contribution in [3.8, 4) is 0 Å². The summed E-state index contributed by atoms with van der Waals surface area (Å²) in [4.78, 5) is 13.2. The zero-order chi connectivity index (χ0) is 17.3. The predicted molar refractivity (Wildman–Crippen MR) is 96.8 cm³/mol. The molecule has 0 bridgehead atoms. The lowest BCUT2D eigenvalue weighted by molar-refractivity contribution is -0.118. The van der Waals surface area contributed by atoms with Crippen LogP contribution in [0.4, 0.5) is 5.69 Å². The Bertz CT molecular complexity index is 727. The fourth-order valence-electron chi connectivity index (χ4n) is 3.25. The van der Waals surface area contributed by atoms with Crippen LogP contribution in [-0.2, 0) is 14.8 Å². The number of sulfonamides is 1. The first-order chi connectivity index (χ1) is 11.4. The minimum absolute atomic E-state index is 0.0589. The van der Waals surface area contributed by atoms with Gasteiger partial charge in [-0.05, 0) is 31.0 Å². The summed E-state index contributed by atoms with van der Waals surface area (Å²) in [5, 5.41) is 2.86. The van der Waals surface area contributed by atoms with Crippen LogP contribution < -0.4 is 5.32 Å². The molecule has 7 heteroatoms. The van der Waals surface area contributed by atoms with Crippen molar-refractivity contribution >= 4 is 33.4 Å². The Morgan fingerprint density at radius 2 is 1.92 bits per heavy atom. The summed E-state index contributed by atoms with van der Waals surface area (Å²) >= 11 is 1.59. The van der Waals surface area contributed by atoms with Gasteiger partial charge in [-0.3, -0.25) is 4.79 Å².